The SMILES string of the molecule is CC(C)c1ccc(O)c(C(N)C(=O)O)c1. The van der Waals surface area contributed by atoms with Gasteiger partial charge < -0.3 is 15.9 Å². The Morgan fingerprint density at radius 1 is 1.40 bits per heavy atom. The van der Waals surface area contributed by atoms with E-state index in [4.69, 9.17) is 10.8 Å². The average molecular weight is 209 g/mol. The summed E-state index contributed by atoms with van der Waals surface area (Å²) in [7, 11) is 0. The molecule has 4 N–H and O–H groups in total. The molecule has 1 aromatic rings. The largest absolute Gasteiger partial charge is 0.508 e. The summed E-state index contributed by atoms with van der Waals surface area (Å²) in [6.45, 7) is 3.98. The average Bonchev–Trinajstić information content (AvgIpc) is 2.16. The number of carboxylic acid groups (broad SMARTS) is 1. The number of aromatic hydroxyl groups is 1. The van der Waals surface area contributed by atoms with Gasteiger partial charge in [0.1, 0.15) is 11.8 Å². The van der Waals surface area contributed by atoms with E-state index in [1.807, 2.05) is 13.8 Å². The van der Waals surface area contributed by atoms with Gasteiger partial charge in [0.25, 0.3) is 0 Å². The smallest absolute Gasteiger partial charge is 0.325 e. The summed E-state index contributed by atoms with van der Waals surface area (Å²) in [5.74, 6) is -0.953. The zero-order valence-corrected chi connectivity index (χ0v) is 8.77. The van der Waals surface area contributed by atoms with E-state index in [1.165, 1.54) is 6.07 Å². The van der Waals surface area contributed by atoms with E-state index >= 15 is 0 Å². The van der Waals surface area contributed by atoms with Crippen LogP contribution in [0.4, 0.5) is 0 Å². The van der Waals surface area contributed by atoms with Gasteiger partial charge in [-0.2, -0.15) is 0 Å². The molecule has 1 atom stereocenters. The van der Waals surface area contributed by atoms with Gasteiger partial charge in [-0.15, -0.1) is 0 Å². The van der Waals surface area contributed by atoms with Crippen LogP contribution >= 0.6 is 0 Å². The predicted octanol–water partition coefficient (Wildman–Crippen LogP) is 1.60. The molecule has 0 aliphatic carbocycles. The third-order valence-corrected chi connectivity index (χ3v) is 2.32. The van der Waals surface area contributed by atoms with Gasteiger partial charge in [-0.3, -0.25) is 4.79 Å². The van der Waals surface area contributed by atoms with Gasteiger partial charge in [-0.1, -0.05) is 19.9 Å². The molecule has 1 unspecified atom stereocenters. The lowest BCUT2D eigenvalue weighted by Gasteiger charge is -2.12. The van der Waals surface area contributed by atoms with Crippen molar-refractivity contribution in [1.82, 2.24) is 0 Å². The maximum atomic E-state index is 10.7. The fourth-order valence-electron chi connectivity index (χ4n) is 1.31. The summed E-state index contributed by atoms with van der Waals surface area (Å²) in [6.07, 6.45) is 0. The highest BCUT2D eigenvalue weighted by Crippen LogP contribution is 2.27. The Morgan fingerprint density at radius 2 is 2.00 bits per heavy atom. The van der Waals surface area contributed by atoms with Gasteiger partial charge in [0.2, 0.25) is 0 Å². The molecule has 0 amide bonds. The molecule has 4 nitrogen and oxygen atoms in total. The van der Waals surface area contributed by atoms with Crippen molar-refractivity contribution < 1.29 is 15.0 Å². The number of rotatable bonds is 3. The van der Waals surface area contributed by atoms with Crippen LogP contribution in [0.3, 0.4) is 0 Å². The third kappa shape index (κ3) is 2.47. The van der Waals surface area contributed by atoms with Crippen molar-refractivity contribution in [3.8, 4) is 5.75 Å². The van der Waals surface area contributed by atoms with Crippen LogP contribution in [-0.2, 0) is 4.79 Å². The van der Waals surface area contributed by atoms with Crippen LogP contribution in [0.2, 0.25) is 0 Å². The first-order chi connectivity index (χ1) is 6.93. The predicted molar refractivity (Wildman–Crippen MR) is 56.8 cm³/mol. The molecule has 0 saturated carbocycles. The lowest BCUT2D eigenvalue weighted by Crippen LogP contribution is -2.20. The highest BCUT2D eigenvalue weighted by atomic mass is 16.4. The minimum Gasteiger partial charge on any atom is -0.508 e. The van der Waals surface area contributed by atoms with Crippen molar-refractivity contribution in [3.63, 3.8) is 0 Å². The lowest BCUT2D eigenvalue weighted by molar-refractivity contribution is -0.138. The van der Waals surface area contributed by atoms with Crippen LogP contribution < -0.4 is 5.73 Å². The standard InChI is InChI=1S/C11H15NO3/c1-6(2)7-3-4-9(13)8(5-7)10(12)11(14)15/h3-6,10,13H,12H2,1-2H3,(H,14,15). The molecule has 0 fully saturated rings. The molecule has 0 bridgehead atoms. The van der Waals surface area contributed by atoms with Crippen LogP contribution in [-0.4, -0.2) is 16.2 Å². The van der Waals surface area contributed by atoms with Crippen LogP contribution in [0.1, 0.15) is 36.9 Å². The van der Waals surface area contributed by atoms with Crippen molar-refractivity contribution in [2.24, 2.45) is 5.73 Å². The fourth-order valence-corrected chi connectivity index (χ4v) is 1.31. The van der Waals surface area contributed by atoms with Gasteiger partial charge in [-0.05, 0) is 23.6 Å². The number of phenols is 1. The molecule has 1 aromatic carbocycles. The Kier molecular flexibility index (Phi) is 3.31. The molecule has 0 aliphatic heterocycles. The molecule has 15 heavy (non-hydrogen) atoms. The molecule has 4 heteroatoms. The number of carboxylic acids is 1. The fraction of sp³-hybridized carbons (Fsp3) is 0.364. The van der Waals surface area contributed by atoms with Crippen LogP contribution in [0.5, 0.6) is 5.75 Å². The lowest BCUT2D eigenvalue weighted by atomic mass is 9.97. The highest BCUT2D eigenvalue weighted by molar-refractivity contribution is 5.76. The number of benzene rings is 1. The second-order valence-electron chi connectivity index (χ2n) is 3.79. The Hall–Kier alpha value is -1.55. The van der Waals surface area contributed by atoms with Gasteiger partial charge >= 0.3 is 5.97 Å². The molecule has 0 saturated heterocycles. The van der Waals surface area contributed by atoms with Crippen LogP contribution in [0.25, 0.3) is 0 Å². The molecule has 0 heterocycles. The van der Waals surface area contributed by atoms with Crippen molar-refractivity contribution in [2.75, 3.05) is 0 Å². The van der Waals surface area contributed by atoms with E-state index < -0.39 is 12.0 Å². The molecule has 0 aromatic heterocycles. The highest BCUT2D eigenvalue weighted by Gasteiger charge is 2.18. The second kappa shape index (κ2) is 4.31. The van der Waals surface area contributed by atoms with E-state index in [0.717, 1.165) is 5.56 Å². The van der Waals surface area contributed by atoms with Crippen molar-refractivity contribution in [2.45, 2.75) is 25.8 Å². The van der Waals surface area contributed by atoms with E-state index in [1.54, 1.807) is 12.1 Å². The molecule has 0 spiro atoms. The molecule has 0 aliphatic rings. The minimum atomic E-state index is -1.18. The van der Waals surface area contributed by atoms with Crippen LogP contribution in [0.15, 0.2) is 18.2 Å². The van der Waals surface area contributed by atoms with Gasteiger partial charge in [0.05, 0.1) is 0 Å². The number of aliphatic carboxylic acids is 1. The molecule has 0 radical (unpaired) electrons. The van der Waals surface area contributed by atoms with Crippen LogP contribution in [0, 0.1) is 0 Å². The van der Waals surface area contributed by atoms with E-state index in [9.17, 15) is 9.90 Å². The van der Waals surface area contributed by atoms with E-state index in [2.05, 4.69) is 0 Å². The Labute approximate surface area is 88.3 Å². The third-order valence-electron chi connectivity index (χ3n) is 2.32. The number of nitrogens with two attached hydrogens (primary N) is 1. The maximum absolute atomic E-state index is 10.7. The van der Waals surface area contributed by atoms with E-state index in [0.29, 0.717) is 0 Å². The Balaban J connectivity index is 3.16. The molecule has 82 valence electrons. The second-order valence-corrected chi connectivity index (χ2v) is 3.79. The first kappa shape index (κ1) is 11.5. The van der Waals surface area contributed by atoms with Gasteiger partial charge in [0.15, 0.2) is 0 Å². The van der Waals surface area contributed by atoms with E-state index in [-0.39, 0.29) is 17.2 Å². The number of phenolic OH excluding ortho intramolecular Hbond substituents is 1. The van der Waals surface area contributed by atoms with Crippen molar-refractivity contribution >= 4 is 5.97 Å². The number of hydrogen-bond acceptors (Lipinski definition) is 3. The van der Waals surface area contributed by atoms with Crippen molar-refractivity contribution in [3.05, 3.63) is 29.3 Å². The van der Waals surface area contributed by atoms with Gasteiger partial charge in [-0.25, -0.2) is 0 Å². The summed E-state index contributed by atoms with van der Waals surface area (Å²) in [5.41, 5.74) is 6.66. The Morgan fingerprint density at radius 3 is 2.47 bits per heavy atom. The summed E-state index contributed by atoms with van der Waals surface area (Å²) in [4.78, 5) is 10.7. The zero-order chi connectivity index (χ0) is 11.6. The normalized spacial score (nSPS) is 12.8. The summed E-state index contributed by atoms with van der Waals surface area (Å²) in [6, 6.07) is 3.70. The number of hydrogen-bond donors (Lipinski definition) is 3. The van der Waals surface area contributed by atoms with Gasteiger partial charge in [0, 0.05) is 5.56 Å². The first-order valence-electron chi connectivity index (χ1n) is 4.74. The summed E-state index contributed by atoms with van der Waals surface area (Å²) in [5, 5.41) is 18.2. The zero-order valence-electron chi connectivity index (χ0n) is 8.77. The summed E-state index contributed by atoms with van der Waals surface area (Å²) >= 11 is 0. The number of carbonyl (C=O) groups is 1. The quantitative estimate of drug-likeness (QED) is 0.706. The first-order valence-corrected chi connectivity index (χ1v) is 4.74. The topological polar surface area (TPSA) is 83.5 Å². The summed E-state index contributed by atoms with van der Waals surface area (Å²) < 4.78 is 0. The van der Waals surface area contributed by atoms with Crippen molar-refractivity contribution in [1.29, 1.82) is 0 Å². The monoisotopic (exact) mass is 209 g/mol. The maximum Gasteiger partial charge on any atom is 0.325 e. The molecular formula is C11H15NO3. The minimum absolute atomic E-state index is 0.0747. The molecular weight excluding hydrogens is 194 g/mol. The Bertz CT molecular complexity index is 374. The molecule has 1 rings (SSSR count).